The molecule has 122 valence electrons. The molecule has 0 atom stereocenters. The average Bonchev–Trinajstić information content (AvgIpc) is 3.06. The number of anilines is 1. The van der Waals surface area contributed by atoms with Crippen molar-refractivity contribution in [1.29, 1.82) is 0 Å². The van der Waals surface area contributed by atoms with Crippen LogP contribution in [0, 0.1) is 0 Å². The van der Waals surface area contributed by atoms with Crippen LogP contribution in [-0.4, -0.2) is 25.8 Å². The third-order valence-electron chi connectivity index (χ3n) is 3.67. The van der Waals surface area contributed by atoms with E-state index in [1.807, 2.05) is 42.5 Å². The number of imidazole rings is 1. The third-order valence-corrected chi connectivity index (χ3v) is 3.94. The second-order valence-corrected chi connectivity index (χ2v) is 5.76. The minimum Gasteiger partial charge on any atom is -0.338 e. The largest absolute Gasteiger partial charge is 0.338 e. The molecule has 25 heavy (non-hydrogen) atoms. The molecule has 0 aliphatic rings. The normalized spacial score (nSPS) is 10.8. The minimum absolute atomic E-state index is 0.130. The number of halogens is 1. The van der Waals surface area contributed by atoms with E-state index in [1.165, 1.54) is 12.5 Å². The van der Waals surface area contributed by atoms with Crippen LogP contribution in [0.25, 0.3) is 22.4 Å². The predicted molar refractivity (Wildman–Crippen MR) is 96.5 cm³/mol. The summed E-state index contributed by atoms with van der Waals surface area (Å²) in [6.07, 6.45) is 2.67. The van der Waals surface area contributed by atoms with Gasteiger partial charge in [-0.1, -0.05) is 35.9 Å². The summed E-state index contributed by atoms with van der Waals surface area (Å²) in [5, 5.41) is 2.99. The Bertz CT molecular complexity index is 1040. The number of nitrogens with one attached hydrogen (secondary N) is 2. The Hall–Kier alpha value is -3.25. The van der Waals surface area contributed by atoms with Crippen LogP contribution in [-0.2, 0) is 0 Å². The average molecular weight is 350 g/mol. The number of fused-ring (bicyclic) bond motifs is 1. The maximum absolute atomic E-state index is 12.3. The van der Waals surface area contributed by atoms with Crippen LogP contribution in [0.5, 0.6) is 0 Å². The number of hydrogen-bond acceptors (Lipinski definition) is 4. The van der Waals surface area contributed by atoms with Gasteiger partial charge in [0.25, 0.3) is 5.91 Å². The highest BCUT2D eigenvalue weighted by Crippen LogP contribution is 2.23. The molecule has 0 spiro atoms. The third kappa shape index (κ3) is 3.07. The number of carbonyl (C=O) groups excluding carboxylic acids is 1. The second kappa shape index (κ2) is 6.33. The number of carbonyl (C=O) groups is 1. The fourth-order valence-corrected chi connectivity index (χ4v) is 2.69. The first-order valence-corrected chi connectivity index (χ1v) is 7.90. The number of aromatic nitrogens is 4. The van der Waals surface area contributed by atoms with Gasteiger partial charge in [-0.2, -0.15) is 0 Å². The first-order chi connectivity index (χ1) is 12.2. The van der Waals surface area contributed by atoms with Crippen molar-refractivity contribution in [1.82, 2.24) is 19.9 Å². The van der Waals surface area contributed by atoms with Crippen LogP contribution in [0.2, 0.25) is 5.02 Å². The zero-order valence-electron chi connectivity index (χ0n) is 12.9. The molecule has 2 heterocycles. The van der Waals surface area contributed by atoms with Crippen molar-refractivity contribution < 1.29 is 4.79 Å². The van der Waals surface area contributed by atoms with E-state index in [9.17, 15) is 4.79 Å². The SMILES string of the molecule is O=C(Nc1cccc(-c2nc3ccccc3[nH]2)c1)c1ncncc1Cl. The van der Waals surface area contributed by atoms with Crippen molar-refractivity contribution in [2.24, 2.45) is 0 Å². The van der Waals surface area contributed by atoms with Crippen LogP contribution in [0.1, 0.15) is 10.5 Å². The highest BCUT2D eigenvalue weighted by Gasteiger charge is 2.13. The molecule has 2 aromatic carbocycles. The molecule has 0 fully saturated rings. The van der Waals surface area contributed by atoms with Crippen molar-refractivity contribution in [3.05, 3.63) is 71.8 Å². The van der Waals surface area contributed by atoms with Gasteiger partial charge in [-0.3, -0.25) is 4.79 Å². The fraction of sp³-hybridized carbons (Fsp3) is 0. The molecule has 2 aromatic heterocycles. The molecule has 6 nitrogen and oxygen atoms in total. The Morgan fingerprint density at radius 2 is 2.00 bits per heavy atom. The summed E-state index contributed by atoms with van der Waals surface area (Å²) in [7, 11) is 0. The fourth-order valence-electron chi connectivity index (χ4n) is 2.50. The predicted octanol–water partition coefficient (Wildman–Crippen LogP) is 3.93. The summed E-state index contributed by atoms with van der Waals surface area (Å²) >= 11 is 5.96. The number of benzene rings is 2. The van der Waals surface area contributed by atoms with Crippen LogP contribution in [0.15, 0.2) is 61.1 Å². The second-order valence-electron chi connectivity index (χ2n) is 5.36. The van der Waals surface area contributed by atoms with Gasteiger partial charge in [0.15, 0.2) is 0 Å². The maximum atomic E-state index is 12.3. The minimum atomic E-state index is -0.394. The van der Waals surface area contributed by atoms with E-state index in [0.717, 1.165) is 22.4 Å². The van der Waals surface area contributed by atoms with Gasteiger partial charge in [-0.05, 0) is 24.3 Å². The van der Waals surface area contributed by atoms with Crippen LogP contribution >= 0.6 is 11.6 Å². The van der Waals surface area contributed by atoms with E-state index in [1.54, 1.807) is 6.07 Å². The summed E-state index contributed by atoms with van der Waals surface area (Å²) in [6, 6.07) is 15.2. The van der Waals surface area contributed by atoms with E-state index in [4.69, 9.17) is 11.6 Å². The number of para-hydroxylation sites is 2. The van der Waals surface area contributed by atoms with Crippen molar-refractivity contribution in [2.75, 3.05) is 5.32 Å². The molecule has 0 bridgehead atoms. The van der Waals surface area contributed by atoms with Gasteiger partial charge in [-0.15, -0.1) is 0 Å². The quantitative estimate of drug-likeness (QED) is 0.587. The van der Waals surface area contributed by atoms with Gasteiger partial charge in [0.05, 0.1) is 16.1 Å². The summed E-state index contributed by atoms with van der Waals surface area (Å²) in [6.45, 7) is 0. The number of amides is 1. The van der Waals surface area contributed by atoms with Gasteiger partial charge in [0.1, 0.15) is 17.8 Å². The highest BCUT2D eigenvalue weighted by molar-refractivity contribution is 6.33. The molecule has 0 saturated heterocycles. The number of rotatable bonds is 3. The summed E-state index contributed by atoms with van der Waals surface area (Å²) in [5.74, 6) is 0.339. The first kappa shape index (κ1) is 15.3. The Balaban J connectivity index is 1.63. The number of aromatic amines is 1. The Morgan fingerprint density at radius 1 is 1.12 bits per heavy atom. The van der Waals surface area contributed by atoms with Gasteiger partial charge >= 0.3 is 0 Å². The molecule has 2 N–H and O–H groups in total. The zero-order valence-corrected chi connectivity index (χ0v) is 13.7. The van der Waals surface area contributed by atoms with E-state index in [0.29, 0.717) is 5.69 Å². The molecule has 0 unspecified atom stereocenters. The monoisotopic (exact) mass is 349 g/mol. The van der Waals surface area contributed by atoms with Crippen molar-refractivity contribution in [3.63, 3.8) is 0 Å². The molecule has 1 amide bonds. The Labute approximate surface area is 147 Å². The van der Waals surface area contributed by atoms with Crippen molar-refractivity contribution in [3.8, 4) is 11.4 Å². The summed E-state index contributed by atoms with van der Waals surface area (Å²) in [5.41, 5.74) is 3.46. The molecule has 0 aliphatic carbocycles. The zero-order chi connectivity index (χ0) is 17.2. The smallest absolute Gasteiger partial charge is 0.275 e. The molecule has 7 heteroatoms. The standard InChI is InChI=1S/C18H12ClN5O/c19-13-9-20-10-21-16(13)18(25)22-12-5-3-4-11(8-12)17-23-14-6-1-2-7-15(14)24-17/h1-10H,(H,22,25)(H,23,24). The number of hydrogen-bond donors (Lipinski definition) is 2. The van der Waals surface area contributed by atoms with Crippen molar-refractivity contribution >= 4 is 34.2 Å². The highest BCUT2D eigenvalue weighted by atomic mass is 35.5. The Kier molecular flexibility index (Phi) is 3.87. The Morgan fingerprint density at radius 3 is 2.84 bits per heavy atom. The van der Waals surface area contributed by atoms with Crippen LogP contribution in [0.4, 0.5) is 5.69 Å². The van der Waals surface area contributed by atoms with Gasteiger partial charge in [-0.25, -0.2) is 15.0 Å². The lowest BCUT2D eigenvalue weighted by molar-refractivity contribution is 0.102. The van der Waals surface area contributed by atoms with Gasteiger partial charge < -0.3 is 10.3 Å². The first-order valence-electron chi connectivity index (χ1n) is 7.53. The summed E-state index contributed by atoms with van der Waals surface area (Å²) < 4.78 is 0. The number of H-pyrrole nitrogens is 1. The van der Waals surface area contributed by atoms with Gasteiger partial charge in [0, 0.05) is 17.4 Å². The lowest BCUT2D eigenvalue weighted by atomic mass is 10.2. The molecule has 0 radical (unpaired) electrons. The topological polar surface area (TPSA) is 83.6 Å². The molecule has 0 saturated carbocycles. The van der Waals surface area contributed by atoms with E-state index >= 15 is 0 Å². The summed E-state index contributed by atoms with van der Waals surface area (Å²) in [4.78, 5) is 27.8. The molecular formula is C18H12ClN5O. The van der Waals surface area contributed by atoms with Crippen molar-refractivity contribution in [2.45, 2.75) is 0 Å². The van der Waals surface area contributed by atoms with Gasteiger partial charge in [0.2, 0.25) is 0 Å². The maximum Gasteiger partial charge on any atom is 0.275 e. The molecule has 4 rings (SSSR count). The van der Waals surface area contributed by atoms with E-state index in [-0.39, 0.29) is 10.7 Å². The molecule has 4 aromatic rings. The van der Waals surface area contributed by atoms with Crippen LogP contribution in [0.3, 0.4) is 0 Å². The number of nitrogens with zero attached hydrogens (tertiary/aromatic N) is 3. The molecular weight excluding hydrogens is 338 g/mol. The van der Waals surface area contributed by atoms with E-state index < -0.39 is 5.91 Å². The molecule has 0 aliphatic heterocycles. The lowest BCUT2D eigenvalue weighted by Gasteiger charge is -2.06. The van der Waals surface area contributed by atoms with Crippen LogP contribution < -0.4 is 5.32 Å². The van der Waals surface area contributed by atoms with E-state index in [2.05, 4.69) is 25.3 Å². The lowest BCUT2D eigenvalue weighted by Crippen LogP contribution is -2.14.